The van der Waals surface area contributed by atoms with Crippen LogP contribution in [0.4, 0.5) is 0 Å². The van der Waals surface area contributed by atoms with Crippen molar-refractivity contribution in [3.8, 4) is 0 Å². The number of halogens is 2. The third kappa shape index (κ3) is 2.95. The van der Waals surface area contributed by atoms with E-state index in [4.69, 9.17) is 23.2 Å². The molecule has 1 heterocycles. The van der Waals surface area contributed by atoms with Crippen molar-refractivity contribution in [2.45, 2.75) is 11.3 Å². The first-order valence-corrected chi connectivity index (χ1v) is 7.98. The predicted octanol–water partition coefficient (Wildman–Crippen LogP) is 3.76. The minimum atomic E-state index is 0.0171. The van der Waals surface area contributed by atoms with E-state index >= 15 is 0 Å². The summed E-state index contributed by atoms with van der Waals surface area (Å²) in [6.07, 6.45) is 2.96. The van der Waals surface area contributed by atoms with Gasteiger partial charge in [0.25, 0.3) is 5.91 Å². The highest BCUT2D eigenvalue weighted by Gasteiger charge is 2.27. The third-order valence-electron chi connectivity index (χ3n) is 3.20. The average molecular weight is 304 g/mol. The van der Waals surface area contributed by atoms with E-state index in [0.29, 0.717) is 22.4 Å². The van der Waals surface area contributed by atoms with Crippen molar-refractivity contribution in [1.29, 1.82) is 0 Å². The van der Waals surface area contributed by atoms with Gasteiger partial charge in [0.2, 0.25) is 0 Å². The van der Waals surface area contributed by atoms with Crippen molar-refractivity contribution in [3.05, 3.63) is 28.8 Å². The van der Waals surface area contributed by atoms with Crippen LogP contribution >= 0.6 is 35.0 Å². The lowest BCUT2D eigenvalue weighted by Crippen LogP contribution is -2.29. The second-order valence-electron chi connectivity index (χ2n) is 4.41. The highest BCUT2D eigenvalue weighted by molar-refractivity contribution is 7.98. The number of benzene rings is 1. The molecule has 1 aliphatic heterocycles. The van der Waals surface area contributed by atoms with Crippen LogP contribution in [-0.2, 0) is 0 Å². The lowest BCUT2D eigenvalue weighted by molar-refractivity contribution is 0.0788. The van der Waals surface area contributed by atoms with Crippen LogP contribution in [0.3, 0.4) is 0 Å². The molecule has 0 bridgehead atoms. The Hall–Kier alpha value is -0.380. The number of carbonyl (C=O) groups is 1. The zero-order valence-electron chi connectivity index (χ0n) is 10.2. The summed E-state index contributed by atoms with van der Waals surface area (Å²) in [7, 11) is 0. The minimum absolute atomic E-state index is 0.0171. The highest BCUT2D eigenvalue weighted by atomic mass is 35.5. The van der Waals surface area contributed by atoms with Gasteiger partial charge < -0.3 is 4.90 Å². The quantitative estimate of drug-likeness (QED) is 0.626. The Labute approximate surface area is 122 Å². The van der Waals surface area contributed by atoms with Crippen LogP contribution in [0.25, 0.3) is 0 Å². The van der Waals surface area contributed by atoms with Crippen LogP contribution in [0.1, 0.15) is 16.8 Å². The van der Waals surface area contributed by atoms with E-state index in [1.165, 1.54) is 0 Å². The Morgan fingerprint density at radius 3 is 2.94 bits per heavy atom. The van der Waals surface area contributed by atoms with Crippen LogP contribution in [0.5, 0.6) is 0 Å². The fraction of sp³-hybridized carbons (Fsp3) is 0.462. The van der Waals surface area contributed by atoms with Gasteiger partial charge in [0.05, 0.1) is 10.6 Å². The molecule has 1 aromatic carbocycles. The normalized spacial score (nSPS) is 19.3. The van der Waals surface area contributed by atoms with E-state index in [1.807, 2.05) is 23.3 Å². The lowest BCUT2D eigenvalue weighted by Gasteiger charge is -2.17. The summed E-state index contributed by atoms with van der Waals surface area (Å²) in [5, 5.41) is 0.520. The van der Waals surface area contributed by atoms with Gasteiger partial charge in [-0.1, -0.05) is 11.6 Å². The van der Waals surface area contributed by atoms with Crippen LogP contribution in [0.15, 0.2) is 23.1 Å². The SMILES string of the molecule is CSc1ccc(Cl)c(C(=O)N2CCC(CCl)C2)c1. The number of hydrogen-bond donors (Lipinski definition) is 0. The lowest BCUT2D eigenvalue weighted by atomic mass is 10.1. The Bertz CT molecular complexity index is 453. The first-order valence-electron chi connectivity index (χ1n) is 5.84. The molecule has 0 aliphatic carbocycles. The molecule has 0 saturated carbocycles. The maximum Gasteiger partial charge on any atom is 0.255 e. The van der Waals surface area contributed by atoms with Gasteiger partial charge in [0.15, 0.2) is 0 Å². The average Bonchev–Trinajstić information content (AvgIpc) is 2.87. The number of rotatable bonds is 3. The van der Waals surface area contributed by atoms with Crippen molar-refractivity contribution in [3.63, 3.8) is 0 Å². The van der Waals surface area contributed by atoms with Crippen molar-refractivity contribution in [2.75, 3.05) is 25.2 Å². The standard InChI is InChI=1S/C13H15Cl2NOS/c1-18-10-2-3-12(15)11(6-10)13(17)16-5-4-9(7-14)8-16/h2-3,6,9H,4-5,7-8H2,1H3. The summed E-state index contributed by atoms with van der Waals surface area (Å²) in [6.45, 7) is 1.51. The Kier molecular flexibility index (Phi) is 4.82. The zero-order chi connectivity index (χ0) is 13.1. The molecule has 1 saturated heterocycles. The Morgan fingerprint density at radius 1 is 1.56 bits per heavy atom. The number of hydrogen-bond acceptors (Lipinski definition) is 2. The monoisotopic (exact) mass is 303 g/mol. The molecule has 1 atom stereocenters. The summed E-state index contributed by atoms with van der Waals surface area (Å²) >= 11 is 13.6. The first kappa shape index (κ1) is 14.0. The summed E-state index contributed by atoms with van der Waals surface area (Å²) in [5.41, 5.74) is 0.596. The van der Waals surface area contributed by atoms with Gasteiger partial charge in [-0.25, -0.2) is 0 Å². The molecule has 18 heavy (non-hydrogen) atoms. The van der Waals surface area contributed by atoms with E-state index in [1.54, 1.807) is 17.8 Å². The van der Waals surface area contributed by atoms with E-state index in [0.717, 1.165) is 24.4 Å². The summed E-state index contributed by atoms with van der Waals surface area (Å²) in [6, 6.07) is 5.58. The van der Waals surface area contributed by atoms with Crippen LogP contribution in [0, 0.1) is 5.92 Å². The fourth-order valence-electron chi connectivity index (χ4n) is 2.11. The Balaban J connectivity index is 2.18. The van der Waals surface area contributed by atoms with E-state index in [9.17, 15) is 4.79 Å². The molecule has 0 N–H and O–H groups in total. The highest BCUT2D eigenvalue weighted by Crippen LogP contribution is 2.26. The van der Waals surface area contributed by atoms with Gasteiger partial charge in [0.1, 0.15) is 0 Å². The molecule has 0 spiro atoms. The Morgan fingerprint density at radius 2 is 2.33 bits per heavy atom. The van der Waals surface area contributed by atoms with Gasteiger partial charge in [-0.2, -0.15) is 0 Å². The number of alkyl halides is 1. The largest absolute Gasteiger partial charge is 0.338 e. The molecule has 1 aliphatic rings. The van der Waals surface area contributed by atoms with Gasteiger partial charge in [-0.05, 0) is 36.8 Å². The molecule has 0 radical (unpaired) electrons. The van der Waals surface area contributed by atoms with Gasteiger partial charge in [0, 0.05) is 23.9 Å². The number of likely N-dealkylation sites (tertiary alicyclic amines) is 1. The van der Waals surface area contributed by atoms with Crippen LogP contribution in [-0.4, -0.2) is 36.0 Å². The maximum atomic E-state index is 12.4. The topological polar surface area (TPSA) is 20.3 Å². The summed E-state index contributed by atoms with van der Waals surface area (Å²) in [5.74, 6) is 1.05. The van der Waals surface area contributed by atoms with Crippen molar-refractivity contribution in [1.82, 2.24) is 4.90 Å². The van der Waals surface area contributed by atoms with Crippen molar-refractivity contribution < 1.29 is 4.79 Å². The van der Waals surface area contributed by atoms with Crippen LogP contribution < -0.4 is 0 Å². The molecular formula is C13H15Cl2NOS. The molecule has 98 valence electrons. The molecule has 1 fully saturated rings. The maximum absolute atomic E-state index is 12.4. The number of carbonyl (C=O) groups excluding carboxylic acids is 1. The molecule has 2 nitrogen and oxygen atoms in total. The van der Waals surface area contributed by atoms with Crippen LogP contribution in [0.2, 0.25) is 5.02 Å². The molecule has 5 heteroatoms. The molecule has 2 rings (SSSR count). The van der Waals surface area contributed by atoms with E-state index < -0.39 is 0 Å². The second-order valence-corrected chi connectivity index (χ2v) is 6.00. The third-order valence-corrected chi connectivity index (χ3v) is 4.69. The van der Waals surface area contributed by atoms with E-state index in [2.05, 4.69) is 0 Å². The minimum Gasteiger partial charge on any atom is -0.338 e. The smallest absolute Gasteiger partial charge is 0.255 e. The molecule has 1 unspecified atom stereocenters. The molecule has 1 amide bonds. The molecule has 1 aromatic rings. The first-order chi connectivity index (χ1) is 8.65. The predicted molar refractivity (Wildman–Crippen MR) is 78.0 cm³/mol. The van der Waals surface area contributed by atoms with E-state index in [-0.39, 0.29) is 5.91 Å². The van der Waals surface area contributed by atoms with Gasteiger partial charge in [-0.3, -0.25) is 4.79 Å². The number of thioether (sulfide) groups is 1. The van der Waals surface area contributed by atoms with Gasteiger partial charge >= 0.3 is 0 Å². The fourth-order valence-corrected chi connectivity index (χ4v) is 3.00. The molecule has 0 aromatic heterocycles. The zero-order valence-corrected chi connectivity index (χ0v) is 12.5. The van der Waals surface area contributed by atoms with Crippen molar-refractivity contribution >= 4 is 40.9 Å². The number of nitrogens with zero attached hydrogens (tertiary/aromatic N) is 1. The number of amides is 1. The summed E-state index contributed by atoms with van der Waals surface area (Å²) < 4.78 is 0. The second kappa shape index (κ2) is 6.18. The summed E-state index contributed by atoms with van der Waals surface area (Å²) in [4.78, 5) is 15.3. The van der Waals surface area contributed by atoms with Crippen molar-refractivity contribution in [2.24, 2.45) is 5.92 Å². The van der Waals surface area contributed by atoms with Gasteiger partial charge in [-0.15, -0.1) is 23.4 Å². The molecular weight excluding hydrogens is 289 g/mol.